The van der Waals surface area contributed by atoms with Gasteiger partial charge in [-0.3, -0.25) is 4.79 Å². The first-order valence-corrected chi connectivity index (χ1v) is 12.7. The third kappa shape index (κ3) is 7.75. The fourth-order valence-corrected chi connectivity index (χ4v) is 4.89. The number of ether oxygens (including phenoxy) is 1. The molecule has 3 N–H and O–H groups in total. The van der Waals surface area contributed by atoms with Crippen LogP contribution in [0.15, 0.2) is 52.3 Å². The van der Waals surface area contributed by atoms with Crippen molar-refractivity contribution in [3.63, 3.8) is 0 Å². The predicted octanol–water partition coefficient (Wildman–Crippen LogP) is 2.79. The molecule has 0 spiro atoms. The van der Waals surface area contributed by atoms with Gasteiger partial charge in [0.05, 0.1) is 18.6 Å². The van der Waals surface area contributed by atoms with Crippen LogP contribution in [0.3, 0.4) is 0 Å². The monoisotopic (exact) mass is 518 g/mol. The van der Waals surface area contributed by atoms with Crippen molar-refractivity contribution in [3.05, 3.63) is 53.6 Å². The van der Waals surface area contributed by atoms with E-state index in [0.29, 0.717) is 0 Å². The summed E-state index contributed by atoms with van der Waals surface area (Å²) in [5.41, 5.74) is -0.0661. The zero-order valence-electron chi connectivity index (χ0n) is 18.0. The second kappa shape index (κ2) is 10.5. The summed E-state index contributed by atoms with van der Waals surface area (Å²) < 4.78 is 93.1. The van der Waals surface area contributed by atoms with Crippen molar-refractivity contribution in [1.29, 1.82) is 0 Å². The maximum atomic E-state index is 12.7. The molecule has 0 atom stereocenters. The summed E-state index contributed by atoms with van der Waals surface area (Å²) in [5, 5.41) is 5.05. The first kappa shape index (κ1) is 27.2. The van der Waals surface area contributed by atoms with Crippen LogP contribution in [-0.4, -0.2) is 35.5 Å². The van der Waals surface area contributed by atoms with Crippen molar-refractivity contribution in [2.24, 2.45) is 11.1 Å². The Bertz CT molecular complexity index is 1340. The predicted molar refractivity (Wildman–Crippen MR) is 117 cm³/mol. The van der Waals surface area contributed by atoms with Crippen molar-refractivity contribution < 1.29 is 39.5 Å². The number of nitrogens with two attached hydrogens (primary N) is 1. The SMILES string of the molecule is CC(C)C#Cc1ccc(C(=O)NS(=O)(=O)c2ccccc2S(N)(=O)=O)cc1OCCC(F)(F)F. The summed E-state index contributed by atoms with van der Waals surface area (Å²) in [6, 6.07) is 7.96. The fraction of sp³-hybridized carbons (Fsp3) is 0.286. The highest BCUT2D eigenvalue weighted by Crippen LogP contribution is 2.25. The topological polar surface area (TPSA) is 133 Å². The third-order valence-electron chi connectivity index (χ3n) is 4.05. The number of amides is 1. The van der Waals surface area contributed by atoms with Gasteiger partial charge in [-0.25, -0.2) is 26.7 Å². The van der Waals surface area contributed by atoms with Crippen LogP contribution in [0.4, 0.5) is 13.2 Å². The van der Waals surface area contributed by atoms with Crippen molar-refractivity contribution in [1.82, 2.24) is 4.72 Å². The number of primary sulfonamides is 1. The van der Waals surface area contributed by atoms with Gasteiger partial charge in [-0.15, -0.1) is 0 Å². The number of hydrogen-bond donors (Lipinski definition) is 2. The Morgan fingerprint density at radius 3 is 2.26 bits per heavy atom. The summed E-state index contributed by atoms with van der Waals surface area (Å²) in [4.78, 5) is 11.2. The first-order valence-electron chi connectivity index (χ1n) is 9.64. The number of carbonyl (C=O) groups excluding carboxylic acids is 1. The van der Waals surface area contributed by atoms with Crippen LogP contribution in [0.2, 0.25) is 0 Å². The molecule has 0 saturated heterocycles. The molecule has 0 saturated carbocycles. The van der Waals surface area contributed by atoms with Gasteiger partial charge >= 0.3 is 6.18 Å². The summed E-state index contributed by atoms with van der Waals surface area (Å²) in [7, 11) is -9.10. The number of alkyl halides is 3. The summed E-state index contributed by atoms with van der Waals surface area (Å²) in [6.45, 7) is 2.84. The lowest BCUT2D eigenvalue weighted by molar-refractivity contribution is -0.139. The van der Waals surface area contributed by atoms with E-state index in [1.165, 1.54) is 24.3 Å². The molecule has 0 aliphatic heterocycles. The zero-order chi connectivity index (χ0) is 25.7. The standard InChI is InChI=1S/C21H21F3N2O6S2/c1-14(2)7-8-15-9-10-16(13-17(15)32-12-11-21(22,23)24)20(27)26-34(30,31)19-6-4-3-5-18(19)33(25,28)29/h3-6,9-10,13-14H,11-12H2,1-2H3,(H,26,27)(H2,25,28,29). The van der Waals surface area contributed by atoms with Gasteiger partial charge in [0.2, 0.25) is 10.0 Å². The van der Waals surface area contributed by atoms with E-state index in [4.69, 9.17) is 9.88 Å². The summed E-state index contributed by atoms with van der Waals surface area (Å²) in [6.07, 6.45) is -5.72. The average Bonchev–Trinajstić information content (AvgIpc) is 2.70. The second-order valence-electron chi connectivity index (χ2n) is 7.27. The minimum atomic E-state index is -4.68. The van der Waals surface area contributed by atoms with E-state index in [1.54, 1.807) is 18.6 Å². The Balaban J connectivity index is 2.39. The highest BCUT2D eigenvalue weighted by molar-refractivity contribution is 7.92. The molecule has 0 radical (unpaired) electrons. The van der Waals surface area contributed by atoms with Crippen LogP contribution >= 0.6 is 0 Å². The van der Waals surface area contributed by atoms with Gasteiger partial charge in [-0.2, -0.15) is 13.2 Å². The van der Waals surface area contributed by atoms with Gasteiger partial charge in [0, 0.05) is 11.5 Å². The number of nitrogens with one attached hydrogen (secondary N) is 1. The molecular formula is C21H21F3N2O6S2. The van der Waals surface area contributed by atoms with E-state index >= 15 is 0 Å². The molecule has 184 valence electrons. The van der Waals surface area contributed by atoms with Gasteiger partial charge < -0.3 is 4.74 Å². The lowest BCUT2D eigenvalue weighted by atomic mass is 10.1. The molecule has 13 heteroatoms. The highest BCUT2D eigenvalue weighted by Gasteiger charge is 2.28. The van der Waals surface area contributed by atoms with Crippen LogP contribution in [0.25, 0.3) is 0 Å². The first-order chi connectivity index (χ1) is 15.6. The normalized spacial score (nSPS) is 12.1. The molecule has 0 heterocycles. The minimum absolute atomic E-state index is 0.0602. The molecule has 0 bridgehead atoms. The highest BCUT2D eigenvalue weighted by atomic mass is 32.2. The third-order valence-corrected chi connectivity index (χ3v) is 6.54. The second-order valence-corrected chi connectivity index (χ2v) is 10.5. The molecule has 2 aromatic rings. The van der Waals surface area contributed by atoms with Crippen molar-refractivity contribution >= 4 is 26.0 Å². The maximum Gasteiger partial charge on any atom is 0.392 e. The van der Waals surface area contributed by atoms with Gasteiger partial charge in [0.15, 0.2) is 0 Å². The Morgan fingerprint density at radius 2 is 1.71 bits per heavy atom. The van der Waals surface area contributed by atoms with E-state index in [2.05, 4.69) is 11.8 Å². The molecule has 34 heavy (non-hydrogen) atoms. The number of halogens is 3. The minimum Gasteiger partial charge on any atom is -0.492 e. The Morgan fingerprint density at radius 1 is 1.09 bits per heavy atom. The zero-order valence-corrected chi connectivity index (χ0v) is 19.6. The summed E-state index contributed by atoms with van der Waals surface area (Å²) in [5.74, 6) is 4.18. The molecule has 0 aliphatic carbocycles. The number of hydrogen-bond acceptors (Lipinski definition) is 6. The van der Waals surface area contributed by atoms with Crippen LogP contribution in [0, 0.1) is 17.8 Å². The molecule has 0 aliphatic rings. The Kier molecular flexibility index (Phi) is 8.35. The van der Waals surface area contributed by atoms with Crippen LogP contribution < -0.4 is 14.6 Å². The molecule has 1 amide bonds. The lowest BCUT2D eigenvalue weighted by Crippen LogP contribution is -2.32. The van der Waals surface area contributed by atoms with E-state index in [-0.39, 0.29) is 22.8 Å². The molecule has 8 nitrogen and oxygen atoms in total. The molecule has 0 unspecified atom stereocenters. The number of rotatable bonds is 7. The van der Waals surface area contributed by atoms with Crippen molar-refractivity contribution in [2.45, 2.75) is 36.2 Å². The fourth-order valence-electron chi connectivity index (χ4n) is 2.53. The Hall–Kier alpha value is -3.08. The summed E-state index contributed by atoms with van der Waals surface area (Å²) >= 11 is 0. The van der Waals surface area contributed by atoms with E-state index in [1.807, 2.05) is 0 Å². The van der Waals surface area contributed by atoms with E-state index in [0.717, 1.165) is 18.2 Å². The smallest absolute Gasteiger partial charge is 0.392 e. The molecule has 2 rings (SSSR count). The number of carbonyl (C=O) groups is 1. The van der Waals surface area contributed by atoms with Gasteiger partial charge in [-0.05, 0) is 30.3 Å². The lowest BCUT2D eigenvalue weighted by Gasteiger charge is -2.13. The molecule has 0 fully saturated rings. The maximum absolute atomic E-state index is 12.7. The number of benzene rings is 2. The van der Waals surface area contributed by atoms with Crippen LogP contribution in [-0.2, 0) is 20.0 Å². The molecular weight excluding hydrogens is 497 g/mol. The van der Waals surface area contributed by atoms with Gasteiger partial charge in [-0.1, -0.05) is 37.8 Å². The van der Waals surface area contributed by atoms with Gasteiger partial charge in [0.1, 0.15) is 15.5 Å². The average molecular weight is 519 g/mol. The largest absolute Gasteiger partial charge is 0.492 e. The van der Waals surface area contributed by atoms with Crippen LogP contribution in [0.1, 0.15) is 36.2 Å². The molecule has 0 aromatic heterocycles. The van der Waals surface area contributed by atoms with Crippen LogP contribution in [0.5, 0.6) is 5.75 Å². The van der Waals surface area contributed by atoms with E-state index < -0.39 is 54.9 Å². The van der Waals surface area contributed by atoms with Crippen molar-refractivity contribution in [2.75, 3.05) is 6.61 Å². The quantitative estimate of drug-likeness (QED) is 0.542. The Labute approximate surface area is 195 Å². The van der Waals surface area contributed by atoms with Gasteiger partial charge in [0.25, 0.3) is 15.9 Å². The van der Waals surface area contributed by atoms with Crippen molar-refractivity contribution in [3.8, 4) is 17.6 Å². The van der Waals surface area contributed by atoms with E-state index in [9.17, 15) is 34.8 Å². The molecule has 2 aromatic carbocycles. The number of sulfonamides is 2.